The second-order valence-electron chi connectivity index (χ2n) is 3.22. The first-order valence-electron chi connectivity index (χ1n) is 3.39. The van der Waals surface area contributed by atoms with E-state index in [2.05, 4.69) is 0 Å². The molecule has 0 bridgehead atoms. The molecular weight excluding hydrogens is 122 g/mol. The molecule has 0 saturated heterocycles. The summed E-state index contributed by atoms with van der Waals surface area (Å²) < 4.78 is 24.9. The van der Waals surface area contributed by atoms with Gasteiger partial charge >= 0.3 is 0 Å². The van der Waals surface area contributed by atoms with Gasteiger partial charge in [0.05, 0.1) is 0 Å². The highest BCUT2D eigenvalue weighted by Crippen LogP contribution is 2.42. The Kier molecular flexibility index (Phi) is 1.49. The average molecular weight is 134 g/mol. The zero-order valence-corrected chi connectivity index (χ0v) is 5.82. The van der Waals surface area contributed by atoms with Crippen molar-refractivity contribution < 1.29 is 8.78 Å². The van der Waals surface area contributed by atoms with E-state index < -0.39 is 5.92 Å². The highest BCUT2D eigenvalue weighted by Gasteiger charge is 2.41. The largest absolute Gasteiger partial charge is 0.248 e. The van der Waals surface area contributed by atoms with E-state index in [1.165, 1.54) is 0 Å². The molecule has 0 spiro atoms. The van der Waals surface area contributed by atoms with Crippen LogP contribution < -0.4 is 0 Å². The van der Waals surface area contributed by atoms with Crippen LogP contribution in [0.3, 0.4) is 0 Å². The monoisotopic (exact) mass is 134 g/mol. The lowest BCUT2D eigenvalue weighted by atomic mass is 10.0. The van der Waals surface area contributed by atoms with Gasteiger partial charge in [0.15, 0.2) is 0 Å². The molecule has 1 rings (SSSR count). The SMILES string of the molecule is C[C@@H]1CC(F)(F)C[C@@H]1C. The Morgan fingerprint density at radius 1 is 1.11 bits per heavy atom. The van der Waals surface area contributed by atoms with Gasteiger partial charge in [0.1, 0.15) is 0 Å². The van der Waals surface area contributed by atoms with Gasteiger partial charge in [-0.1, -0.05) is 13.8 Å². The van der Waals surface area contributed by atoms with E-state index in [4.69, 9.17) is 0 Å². The fourth-order valence-corrected chi connectivity index (χ4v) is 1.43. The first kappa shape index (κ1) is 6.97. The molecule has 9 heavy (non-hydrogen) atoms. The third-order valence-corrected chi connectivity index (χ3v) is 2.21. The minimum absolute atomic E-state index is 0.0914. The molecule has 1 aliphatic carbocycles. The predicted molar refractivity (Wildman–Crippen MR) is 32.5 cm³/mol. The van der Waals surface area contributed by atoms with Crippen LogP contribution in [0.15, 0.2) is 0 Å². The minimum atomic E-state index is -2.36. The second kappa shape index (κ2) is 1.93. The summed E-state index contributed by atoms with van der Waals surface area (Å²) in [6, 6.07) is 0. The van der Waals surface area contributed by atoms with Crippen LogP contribution in [0.5, 0.6) is 0 Å². The number of halogens is 2. The second-order valence-corrected chi connectivity index (χ2v) is 3.22. The van der Waals surface area contributed by atoms with Crippen LogP contribution in [0.2, 0.25) is 0 Å². The van der Waals surface area contributed by atoms with Gasteiger partial charge in [-0.2, -0.15) is 0 Å². The Morgan fingerprint density at radius 3 is 1.56 bits per heavy atom. The van der Waals surface area contributed by atoms with E-state index in [1.807, 2.05) is 13.8 Å². The molecule has 0 aliphatic heterocycles. The Hall–Kier alpha value is -0.140. The van der Waals surface area contributed by atoms with Gasteiger partial charge in [0.25, 0.3) is 0 Å². The molecule has 0 amide bonds. The van der Waals surface area contributed by atoms with E-state index in [9.17, 15) is 8.78 Å². The maximum atomic E-state index is 12.4. The van der Waals surface area contributed by atoms with Crippen molar-refractivity contribution in [3.05, 3.63) is 0 Å². The van der Waals surface area contributed by atoms with Crippen LogP contribution in [-0.4, -0.2) is 5.92 Å². The first-order chi connectivity index (χ1) is 4.01. The van der Waals surface area contributed by atoms with Crippen molar-refractivity contribution in [3.8, 4) is 0 Å². The van der Waals surface area contributed by atoms with E-state index in [0.717, 1.165) is 0 Å². The Morgan fingerprint density at radius 2 is 1.44 bits per heavy atom. The van der Waals surface area contributed by atoms with Crippen molar-refractivity contribution in [1.82, 2.24) is 0 Å². The van der Waals surface area contributed by atoms with Crippen molar-refractivity contribution in [2.24, 2.45) is 11.8 Å². The number of alkyl halides is 2. The zero-order chi connectivity index (χ0) is 7.07. The lowest BCUT2D eigenvalue weighted by Gasteiger charge is -2.04. The standard InChI is InChI=1S/C7H12F2/c1-5-3-7(8,9)4-6(5)2/h5-6H,3-4H2,1-2H3/t5-,6+. The molecule has 1 saturated carbocycles. The third kappa shape index (κ3) is 1.41. The summed E-state index contributed by atoms with van der Waals surface area (Å²) in [5, 5.41) is 0. The number of hydrogen-bond donors (Lipinski definition) is 0. The van der Waals surface area contributed by atoms with Gasteiger partial charge in [-0.25, -0.2) is 8.78 Å². The molecule has 54 valence electrons. The van der Waals surface area contributed by atoms with Gasteiger partial charge in [-0.05, 0) is 11.8 Å². The van der Waals surface area contributed by atoms with Crippen molar-refractivity contribution in [2.75, 3.05) is 0 Å². The highest BCUT2D eigenvalue weighted by atomic mass is 19.3. The van der Waals surface area contributed by atoms with Gasteiger partial charge in [0.2, 0.25) is 5.92 Å². The summed E-state index contributed by atoms with van der Waals surface area (Å²) in [5.74, 6) is -1.95. The molecule has 0 nitrogen and oxygen atoms in total. The molecule has 2 heteroatoms. The van der Waals surface area contributed by atoms with Gasteiger partial charge in [0, 0.05) is 12.8 Å². The van der Waals surface area contributed by atoms with Crippen LogP contribution in [0, 0.1) is 11.8 Å². The molecule has 0 aromatic rings. The maximum Gasteiger partial charge on any atom is 0.248 e. The minimum Gasteiger partial charge on any atom is -0.207 e. The number of rotatable bonds is 0. The Balaban J connectivity index is 2.54. The lowest BCUT2D eigenvalue weighted by molar-refractivity contribution is 0.00344. The molecular formula is C7H12F2. The van der Waals surface area contributed by atoms with Crippen molar-refractivity contribution >= 4 is 0 Å². The Labute approximate surface area is 54.3 Å². The quantitative estimate of drug-likeness (QED) is 0.477. The van der Waals surface area contributed by atoms with E-state index in [1.54, 1.807) is 0 Å². The van der Waals surface area contributed by atoms with Crippen LogP contribution in [0.1, 0.15) is 26.7 Å². The average Bonchev–Trinajstić information content (AvgIpc) is 1.79. The Bertz CT molecular complexity index is 97.5. The predicted octanol–water partition coefficient (Wildman–Crippen LogP) is 2.69. The summed E-state index contributed by atoms with van der Waals surface area (Å²) >= 11 is 0. The molecule has 2 atom stereocenters. The van der Waals surface area contributed by atoms with Crippen LogP contribution in [0.4, 0.5) is 8.78 Å². The zero-order valence-electron chi connectivity index (χ0n) is 5.82. The van der Waals surface area contributed by atoms with E-state index in [0.29, 0.717) is 0 Å². The summed E-state index contributed by atoms with van der Waals surface area (Å²) in [7, 11) is 0. The van der Waals surface area contributed by atoms with Crippen LogP contribution >= 0.6 is 0 Å². The molecule has 0 heterocycles. The number of hydrogen-bond acceptors (Lipinski definition) is 0. The summed E-state index contributed by atoms with van der Waals surface area (Å²) in [6.07, 6.45) is 0.183. The van der Waals surface area contributed by atoms with Crippen LogP contribution in [0.25, 0.3) is 0 Å². The van der Waals surface area contributed by atoms with Gasteiger partial charge in [-0.3, -0.25) is 0 Å². The first-order valence-corrected chi connectivity index (χ1v) is 3.39. The molecule has 0 radical (unpaired) electrons. The molecule has 0 aromatic carbocycles. The van der Waals surface area contributed by atoms with Gasteiger partial charge < -0.3 is 0 Å². The van der Waals surface area contributed by atoms with E-state index >= 15 is 0 Å². The summed E-state index contributed by atoms with van der Waals surface area (Å²) in [4.78, 5) is 0. The molecule has 1 aliphatic rings. The lowest BCUT2D eigenvalue weighted by Crippen LogP contribution is -2.08. The van der Waals surface area contributed by atoms with Crippen LogP contribution in [-0.2, 0) is 0 Å². The molecule has 0 unspecified atom stereocenters. The fraction of sp³-hybridized carbons (Fsp3) is 1.00. The summed E-state index contributed by atoms with van der Waals surface area (Å²) in [6.45, 7) is 3.79. The van der Waals surface area contributed by atoms with E-state index in [-0.39, 0.29) is 24.7 Å². The van der Waals surface area contributed by atoms with Crippen molar-refractivity contribution in [1.29, 1.82) is 0 Å². The summed E-state index contributed by atoms with van der Waals surface area (Å²) in [5.41, 5.74) is 0. The van der Waals surface area contributed by atoms with Gasteiger partial charge in [-0.15, -0.1) is 0 Å². The van der Waals surface area contributed by atoms with Crippen molar-refractivity contribution in [3.63, 3.8) is 0 Å². The smallest absolute Gasteiger partial charge is 0.207 e. The molecule has 0 N–H and O–H groups in total. The fourth-order valence-electron chi connectivity index (χ4n) is 1.43. The molecule has 1 fully saturated rings. The normalized spacial score (nSPS) is 41.3. The topological polar surface area (TPSA) is 0 Å². The molecule has 0 aromatic heterocycles. The van der Waals surface area contributed by atoms with Crippen molar-refractivity contribution in [2.45, 2.75) is 32.6 Å². The maximum absolute atomic E-state index is 12.4. The highest BCUT2D eigenvalue weighted by molar-refractivity contribution is 4.83. The third-order valence-electron chi connectivity index (χ3n) is 2.21.